The molecule has 2 aromatic rings. The van der Waals surface area contributed by atoms with Gasteiger partial charge in [-0.15, -0.1) is 0 Å². The summed E-state index contributed by atoms with van der Waals surface area (Å²) in [6, 6.07) is 4.23. The molecular formula is C12H12FNO2. The lowest BCUT2D eigenvalue weighted by molar-refractivity contribution is 0.387. The van der Waals surface area contributed by atoms with Gasteiger partial charge in [-0.1, -0.05) is 6.92 Å². The first-order valence-corrected chi connectivity index (χ1v) is 5.05. The second-order valence-electron chi connectivity index (χ2n) is 3.54. The Labute approximate surface area is 91.9 Å². The van der Waals surface area contributed by atoms with E-state index in [0.717, 1.165) is 5.69 Å². The Morgan fingerprint density at radius 3 is 2.75 bits per heavy atom. The largest absolute Gasteiger partial charge is 0.494 e. The van der Waals surface area contributed by atoms with Gasteiger partial charge >= 0.3 is 0 Å². The van der Waals surface area contributed by atoms with Gasteiger partial charge in [-0.05, 0) is 12.5 Å². The van der Waals surface area contributed by atoms with Crippen molar-refractivity contribution < 1.29 is 9.13 Å². The van der Waals surface area contributed by atoms with Gasteiger partial charge in [0, 0.05) is 23.2 Å². The first-order chi connectivity index (χ1) is 7.65. The van der Waals surface area contributed by atoms with Gasteiger partial charge < -0.3 is 9.72 Å². The number of fused-ring (bicyclic) bond motifs is 1. The molecule has 1 N–H and O–H groups in total. The summed E-state index contributed by atoms with van der Waals surface area (Å²) < 4.78 is 18.3. The zero-order valence-electron chi connectivity index (χ0n) is 9.13. The van der Waals surface area contributed by atoms with E-state index < -0.39 is 5.82 Å². The van der Waals surface area contributed by atoms with Gasteiger partial charge in [0.25, 0.3) is 0 Å². The summed E-state index contributed by atoms with van der Waals surface area (Å²) in [6.45, 7) is 1.93. The molecule has 0 bridgehead atoms. The van der Waals surface area contributed by atoms with Crippen LogP contribution in [0, 0.1) is 5.82 Å². The van der Waals surface area contributed by atoms with Crippen LogP contribution in [0.15, 0.2) is 23.0 Å². The van der Waals surface area contributed by atoms with Gasteiger partial charge in [0.15, 0.2) is 17.0 Å². The third-order valence-electron chi connectivity index (χ3n) is 2.54. The molecule has 4 heteroatoms. The van der Waals surface area contributed by atoms with Crippen molar-refractivity contribution in [3.05, 3.63) is 39.9 Å². The maximum absolute atomic E-state index is 13.4. The van der Waals surface area contributed by atoms with E-state index in [9.17, 15) is 9.18 Å². The molecule has 84 valence electrons. The van der Waals surface area contributed by atoms with Crippen LogP contribution in [0.1, 0.15) is 12.6 Å². The van der Waals surface area contributed by atoms with Crippen LogP contribution in [0.3, 0.4) is 0 Å². The van der Waals surface area contributed by atoms with Gasteiger partial charge in [0.1, 0.15) is 0 Å². The lowest BCUT2D eigenvalue weighted by Gasteiger charge is -2.05. The molecule has 0 aliphatic rings. The summed E-state index contributed by atoms with van der Waals surface area (Å²) in [5.41, 5.74) is 1.17. The third kappa shape index (κ3) is 1.66. The number of halogens is 1. The fraction of sp³-hybridized carbons (Fsp3) is 0.250. The molecule has 0 atom stereocenters. The van der Waals surface area contributed by atoms with Crippen molar-refractivity contribution in [1.82, 2.24) is 4.98 Å². The second-order valence-corrected chi connectivity index (χ2v) is 3.54. The van der Waals surface area contributed by atoms with E-state index in [4.69, 9.17) is 4.74 Å². The van der Waals surface area contributed by atoms with Crippen molar-refractivity contribution in [1.29, 1.82) is 0 Å². The van der Waals surface area contributed by atoms with Gasteiger partial charge in [-0.25, -0.2) is 4.39 Å². The molecular weight excluding hydrogens is 209 g/mol. The van der Waals surface area contributed by atoms with Crippen molar-refractivity contribution in [3.63, 3.8) is 0 Å². The highest BCUT2D eigenvalue weighted by Crippen LogP contribution is 2.21. The first-order valence-electron chi connectivity index (χ1n) is 5.05. The average molecular weight is 221 g/mol. The number of hydrogen-bond acceptors (Lipinski definition) is 2. The minimum atomic E-state index is -0.473. The quantitative estimate of drug-likeness (QED) is 0.845. The minimum Gasteiger partial charge on any atom is -0.494 e. The van der Waals surface area contributed by atoms with Crippen LogP contribution in [0.2, 0.25) is 0 Å². The molecule has 0 amide bonds. The van der Waals surface area contributed by atoms with Crippen molar-refractivity contribution in [2.24, 2.45) is 0 Å². The molecule has 0 unspecified atom stereocenters. The maximum atomic E-state index is 13.4. The highest BCUT2D eigenvalue weighted by Gasteiger charge is 2.08. The molecule has 1 heterocycles. The lowest BCUT2D eigenvalue weighted by Crippen LogP contribution is -2.05. The molecule has 0 aliphatic heterocycles. The molecule has 16 heavy (non-hydrogen) atoms. The zero-order chi connectivity index (χ0) is 11.7. The predicted molar refractivity (Wildman–Crippen MR) is 60.5 cm³/mol. The second kappa shape index (κ2) is 3.96. The van der Waals surface area contributed by atoms with Crippen LogP contribution in [-0.4, -0.2) is 12.1 Å². The summed E-state index contributed by atoms with van der Waals surface area (Å²) in [5, 5.41) is 0.440. The first kappa shape index (κ1) is 10.7. The Morgan fingerprint density at radius 1 is 1.38 bits per heavy atom. The maximum Gasteiger partial charge on any atom is 0.189 e. The van der Waals surface area contributed by atoms with E-state index in [1.165, 1.54) is 25.3 Å². The number of pyridine rings is 1. The molecule has 1 aromatic carbocycles. The fourth-order valence-electron chi connectivity index (χ4n) is 1.65. The summed E-state index contributed by atoms with van der Waals surface area (Å²) in [4.78, 5) is 14.8. The van der Waals surface area contributed by atoms with Crippen LogP contribution in [0.4, 0.5) is 4.39 Å². The van der Waals surface area contributed by atoms with E-state index >= 15 is 0 Å². The number of rotatable bonds is 2. The van der Waals surface area contributed by atoms with Gasteiger partial charge in [-0.3, -0.25) is 4.79 Å². The average Bonchev–Trinajstić information content (AvgIpc) is 2.28. The molecule has 2 rings (SSSR count). The van der Waals surface area contributed by atoms with Crippen molar-refractivity contribution >= 4 is 10.9 Å². The van der Waals surface area contributed by atoms with Gasteiger partial charge in [-0.2, -0.15) is 0 Å². The smallest absolute Gasteiger partial charge is 0.189 e. The van der Waals surface area contributed by atoms with E-state index in [1.54, 1.807) is 0 Å². The molecule has 0 saturated heterocycles. The van der Waals surface area contributed by atoms with E-state index in [2.05, 4.69) is 4.98 Å². The number of aryl methyl sites for hydroxylation is 1. The monoisotopic (exact) mass is 221 g/mol. The number of ether oxygens (including phenoxy) is 1. The molecule has 0 saturated carbocycles. The summed E-state index contributed by atoms with van der Waals surface area (Å²) in [5.74, 6) is -0.388. The highest BCUT2D eigenvalue weighted by molar-refractivity contribution is 5.80. The summed E-state index contributed by atoms with van der Waals surface area (Å²) in [6.07, 6.45) is 0.707. The molecule has 0 spiro atoms. The Bertz CT molecular complexity index is 589. The van der Waals surface area contributed by atoms with Crippen molar-refractivity contribution in [2.45, 2.75) is 13.3 Å². The zero-order valence-corrected chi connectivity index (χ0v) is 9.13. The summed E-state index contributed by atoms with van der Waals surface area (Å²) >= 11 is 0. The topological polar surface area (TPSA) is 42.1 Å². The van der Waals surface area contributed by atoms with Crippen LogP contribution >= 0.6 is 0 Å². The van der Waals surface area contributed by atoms with Gasteiger partial charge in [0.2, 0.25) is 0 Å². The lowest BCUT2D eigenvalue weighted by atomic mass is 10.1. The normalized spacial score (nSPS) is 10.7. The van der Waals surface area contributed by atoms with Crippen molar-refractivity contribution in [3.8, 4) is 5.75 Å². The third-order valence-corrected chi connectivity index (χ3v) is 2.54. The number of aromatic amines is 1. The SMILES string of the molecule is CCc1cc(=O)c2cc(OC)c(F)cc2[nH]1. The van der Waals surface area contributed by atoms with Crippen molar-refractivity contribution in [2.75, 3.05) is 7.11 Å². The number of aromatic nitrogens is 1. The highest BCUT2D eigenvalue weighted by atomic mass is 19.1. The Balaban J connectivity index is 2.80. The molecule has 0 radical (unpaired) electrons. The van der Waals surface area contributed by atoms with Crippen LogP contribution in [0.5, 0.6) is 5.75 Å². The Kier molecular flexibility index (Phi) is 2.64. The predicted octanol–water partition coefficient (Wildman–Crippen LogP) is 2.24. The number of benzene rings is 1. The fourth-order valence-corrected chi connectivity index (χ4v) is 1.65. The molecule has 1 aromatic heterocycles. The molecule has 3 nitrogen and oxygen atoms in total. The molecule has 0 fully saturated rings. The summed E-state index contributed by atoms with van der Waals surface area (Å²) in [7, 11) is 1.37. The Hall–Kier alpha value is -1.84. The Morgan fingerprint density at radius 2 is 2.12 bits per heavy atom. The van der Waals surface area contributed by atoms with Crippen LogP contribution in [0.25, 0.3) is 10.9 Å². The van der Waals surface area contributed by atoms with Gasteiger partial charge in [0.05, 0.1) is 12.6 Å². The number of nitrogens with one attached hydrogen (secondary N) is 1. The number of H-pyrrole nitrogens is 1. The number of methoxy groups -OCH3 is 1. The van der Waals surface area contributed by atoms with Crippen LogP contribution < -0.4 is 10.2 Å². The standard InChI is InChI=1S/C12H12FNO2/c1-3-7-4-11(15)8-5-12(16-2)9(13)6-10(8)14-7/h4-6H,3H2,1-2H3,(H,14,15). The van der Waals surface area contributed by atoms with Crippen LogP contribution in [-0.2, 0) is 6.42 Å². The van der Waals surface area contributed by atoms with E-state index in [-0.39, 0.29) is 11.2 Å². The van der Waals surface area contributed by atoms with E-state index in [0.29, 0.717) is 17.3 Å². The number of hydrogen-bond donors (Lipinski definition) is 1. The molecule has 0 aliphatic carbocycles. The van der Waals surface area contributed by atoms with E-state index in [1.807, 2.05) is 6.92 Å². The minimum absolute atomic E-state index is 0.0854.